The number of hydrogen-bond donors (Lipinski definition) is 4. The number of aliphatic carboxylic acids is 2. The van der Waals surface area contributed by atoms with Gasteiger partial charge in [0, 0.05) is 37.0 Å². The minimum Gasteiger partial charge on any atom is -0.475 e. The summed E-state index contributed by atoms with van der Waals surface area (Å²) in [7, 11) is 8.03. The molecule has 4 N–H and O–H groups in total. The zero-order valence-electron chi connectivity index (χ0n) is 33.3. The number of nitrogens with one attached hydrogen (secondary N) is 2. The second-order valence-corrected chi connectivity index (χ2v) is 13.9. The van der Waals surface area contributed by atoms with Crippen LogP contribution in [0, 0.1) is 0 Å². The Hall–Kier alpha value is -7.20. The van der Waals surface area contributed by atoms with Crippen LogP contribution >= 0.6 is 0 Å². The summed E-state index contributed by atoms with van der Waals surface area (Å²) < 4.78 is 67.5. The highest BCUT2D eigenvalue weighted by molar-refractivity contribution is 6.10. The second-order valence-electron chi connectivity index (χ2n) is 13.9. The molecule has 3 aromatic carbocycles. The Bertz CT molecular complexity index is 2580. The summed E-state index contributed by atoms with van der Waals surface area (Å²) in [6.07, 6.45) is -10.2. The third kappa shape index (κ3) is 11.3. The second kappa shape index (κ2) is 19.0. The van der Waals surface area contributed by atoms with E-state index in [1.54, 1.807) is 12.1 Å². The number of imidazole rings is 2. The van der Waals surface area contributed by atoms with Crippen LogP contribution in [0.25, 0.3) is 43.9 Å². The number of alkyl halides is 6. The van der Waals surface area contributed by atoms with Crippen molar-refractivity contribution < 1.29 is 55.7 Å². The van der Waals surface area contributed by atoms with Crippen LogP contribution in [-0.2, 0) is 22.7 Å². The van der Waals surface area contributed by atoms with Crippen molar-refractivity contribution in [2.45, 2.75) is 25.4 Å². The van der Waals surface area contributed by atoms with Crippen LogP contribution < -0.4 is 10.6 Å². The number of rotatable bonds is 10. The van der Waals surface area contributed by atoms with Crippen LogP contribution in [0.15, 0.2) is 84.9 Å². The van der Waals surface area contributed by atoms with Gasteiger partial charge in [-0.05, 0) is 64.6 Å². The molecule has 4 aromatic heterocycles. The molecule has 2 amide bonds. The van der Waals surface area contributed by atoms with Crippen LogP contribution in [0.5, 0.6) is 0 Å². The molecule has 0 atom stereocenters. The van der Waals surface area contributed by atoms with E-state index in [0.717, 1.165) is 45.9 Å². The molecular formula is C40H38F6N10O6. The first-order chi connectivity index (χ1) is 29.1. The van der Waals surface area contributed by atoms with Crippen molar-refractivity contribution in [3.8, 4) is 0 Å². The minimum absolute atomic E-state index is 0.215. The number of carbonyl (C=O) groups is 4. The molecule has 0 bridgehead atoms. The first-order valence-electron chi connectivity index (χ1n) is 18.3. The van der Waals surface area contributed by atoms with Gasteiger partial charge in [-0.3, -0.25) is 20.2 Å². The number of benzene rings is 3. The first kappa shape index (κ1) is 45.9. The maximum absolute atomic E-state index is 13.6. The Morgan fingerprint density at radius 3 is 1.19 bits per heavy atom. The molecule has 0 saturated heterocycles. The molecule has 4 heterocycles. The van der Waals surface area contributed by atoms with Gasteiger partial charge in [-0.2, -0.15) is 26.3 Å². The molecule has 0 aliphatic carbocycles. The number of nitrogens with zero attached hydrogens (tertiary/aromatic N) is 8. The molecule has 0 aliphatic heterocycles. The number of halogens is 6. The van der Waals surface area contributed by atoms with Crippen molar-refractivity contribution in [3.63, 3.8) is 0 Å². The number of pyridine rings is 2. The SMILES string of the molecule is CN(C)CCn1c(NC(=O)c2ccc3ccc4ccc(C(=O)Nc5nc6ccccc6n5CCN(C)C)nc4c3n2)nc2ccccc21.O=C(O)C(F)(F)F.O=C(O)C(F)(F)F. The van der Waals surface area contributed by atoms with E-state index in [2.05, 4.69) is 20.4 Å². The lowest BCUT2D eigenvalue weighted by molar-refractivity contribution is -0.193. The number of carbonyl (C=O) groups excluding carboxylic acids is 2. The van der Waals surface area contributed by atoms with Gasteiger partial charge in [-0.1, -0.05) is 48.5 Å². The summed E-state index contributed by atoms with van der Waals surface area (Å²) in [4.78, 5) is 68.1. The molecule has 326 valence electrons. The number of amides is 2. The average molecular weight is 869 g/mol. The van der Waals surface area contributed by atoms with Crippen molar-refractivity contribution in [1.82, 2.24) is 38.9 Å². The monoisotopic (exact) mass is 868 g/mol. The minimum atomic E-state index is -5.08. The molecule has 0 unspecified atom stereocenters. The topological polar surface area (TPSA) is 201 Å². The van der Waals surface area contributed by atoms with Crippen molar-refractivity contribution in [3.05, 3.63) is 96.3 Å². The number of para-hydroxylation sites is 4. The maximum Gasteiger partial charge on any atom is 0.490 e. The van der Waals surface area contributed by atoms with Gasteiger partial charge < -0.3 is 29.1 Å². The first-order valence-corrected chi connectivity index (χ1v) is 18.3. The fraction of sp³-hybridized carbons (Fsp3) is 0.250. The predicted octanol–water partition coefficient (Wildman–Crippen LogP) is 6.38. The molecule has 62 heavy (non-hydrogen) atoms. The average Bonchev–Trinajstić information content (AvgIpc) is 3.74. The summed E-state index contributed by atoms with van der Waals surface area (Å²) >= 11 is 0. The number of fused-ring (bicyclic) bond motifs is 5. The van der Waals surface area contributed by atoms with E-state index >= 15 is 0 Å². The van der Waals surface area contributed by atoms with Gasteiger partial charge >= 0.3 is 24.3 Å². The molecule has 0 aliphatic rings. The van der Waals surface area contributed by atoms with Crippen molar-refractivity contribution in [2.75, 3.05) is 51.9 Å². The van der Waals surface area contributed by atoms with E-state index in [-0.39, 0.29) is 23.2 Å². The lowest BCUT2D eigenvalue weighted by Gasteiger charge is -2.14. The highest BCUT2D eigenvalue weighted by Crippen LogP contribution is 2.26. The van der Waals surface area contributed by atoms with Crippen LogP contribution in [-0.4, -0.2) is 126 Å². The zero-order chi connectivity index (χ0) is 45.5. The highest BCUT2D eigenvalue weighted by atomic mass is 19.4. The molecular weight excluding hydrogens is 830 g/mol. The van der Waals surface area contributed by atoms with Crippen molar-refractivity contribution >= 4 is 79.5 Å². The van der Waals surface area contributed by atoms with Crippen LogP contribution in [0.2, 0.25) is 0 Å². The fourth-order valence-electron chi connectivity index (χ4n) is 5.75. The fourth-order valence-corrected chi connectivity index (χ4v) is 5.75. The summed E-state index contributed by atoms with van der Waals surface area (Å²) in [5.41, 5.74) is 4.95. The lowest BCUT2D eigenvalue weighted by atomic mass is 10.1. The van der Waals surface area contributed by atoms with Gasteiger partial charge in [0.15, 0.2) is 0 Å². The molecule has 16 nitrogen and oxygen atoms in total. The molecule has 7 aromatic rings. The van der Waals surface area contributed by atoms with Gasteiger partial charge in [0.05, 0.1) is 33.1 Å². The van der Waals surface area contributed by atoms with Gasteiger partial charge in [-0.25, -0.2) is 29.5 Å². The molecule has 0 radical (unpaired) electrons. The van der Waals surface area contributed by atoms with Gasteiger partial charge in [0.2, 0.25) is 11.9 Å². The molecule has 0 spiro atoms. The molecule has 0 fully saturated rings. The van der Waals surface area contributed by atoms with E-state index in [0.29, 0.717) is 36.0 Å². The number of aromatic nitrogens is 6. The summed E-state index contributed by atoms with van der Waals surface area (Å²) in [5, 5.41) is 21.8. The van der Waals surface area contributed by atoms with Crippen LogP contribution in [0.1, 0.15) is 21.0 Å². The smallest absolute Gasteiger partial charge is 0.475 e. The van der Waals surface area contributed by atoms with E-state index < -0.39 is 24.3 Å². The lowest BCUT2D eigenvalue weighted by Crippen LogP contribution is -2.22. The third-order valence-corrected chi connectivity index (χ3v) is 8.77. The van der Waals surface area contributed by atoms with Gasteiger partial charge in [0.1, 0.15) is 11.4 Å². The number of anilines is 2. The Labute approximate surface area is 347 Å². The molecule has 0 saturated carbocycles. The van der Waals surface area contributed by atoms with Crippen LogP contribution in [0.4, 0.5) is 38.2 Å². The molecule has 7 rings (SSSR count). The Morgan fingerprint density at radius 1 is 0.548 bits per heavy atom. The number of hydrogen-bond acceptors (Lipinski definition) is 10. The Morgan fingerprint density at radius 2 is 0.871 bits per heavy atom. The Kier molecular flexibility index (Phi) is 14.1. The number of likely N-dealkylation sites (N-methyl/N-ethyl adjacent to an activating group) is 2. The van der Waals surface area contributed by atoms with Crippen LogP contribution in [0.3, 0.4) is 0 Å². The highest BCUT2D eigenvalue weighted by Gasteiger charge is 2.39. The third-order valence-electron chi connectivity index (χ3n) is 8.77. The summed E-state index contributed by atoms with van der Waals surface area (Å²) in [5.74, 6) is -5.38. The summed E-state index contributed by atoms with van der Waals surface area (Å²) in [6.45, 7) is 2.86. The van der Waals surface area contributed by atoms with Crippen molar-refractivity contribution in [2.24, 2.45) is 0 Å². The van der Waals surface area contributed by atoms with Gasteiger partial charge in [-0.15, -0.1) is 0 Å². The number of carboxylic acids is 2. The Balaban J connectivity index is 0.000000448. The van der Waals surface area contributed by atoms with E-state index in [4.69, 9.17) is 39.7 Å². The molecule has 22 heteroatoms. The normalized spacial score (nSPS) is 11.7. The van der Waals surface area contributed by atoms with E-state index in [1.807, 2.05) is 110 Å². The zero-order valence-corrected chi connectivity index (χ0v) is 33.3. The number of carboxylic acid groups (broad SMARTS) is 2. The predicted molar refractivity (Wildman–Crippen MR) is 217 cm³/mol. The van der Waals surface area contributed by atoms with Crippen molar-refractivity contribution in [1.29, 1.82) is 0 Å². The maximum atomic E-state index is 13.6. The quantitative estimate of drug-likeness (QED) is 0.0875. The van der Waals surface area contributed by atoms with E-state index in [9.17, 15) is 35.9 Å². The van der Waals surface area contributed by atoms with E-state index in [1.165, 1.54) is 0 Å². The van der Waals surface area contributed by atoms with Gasteiger partial charge in [0.25, 0.3) is 11.8 Å². The standard InChI is InChI=1S/C36H36N10O2.2C2HF3O2/c1-43(2)19-21-45-29-11-7-5-9-25(29)39-35(45)41-33(47)27-17-15-23-13-14-24-16-18-28(38-32(24)31(23)37-27)34(48)42-36-40-26-10-6-8-12-30(26)46(36)22-20-44(3)4;2*3-2(4,5)1(6)7/h5-18H,19-22H2,1-4H3,(H,39,41,47)(H,40,42,48);2*(H,6,7). The largest absolute Gasteiger partial charge is 0.490 e. The summed E-state index contributed by atoms with van der Waals surface area (Å²) in [6, 6.07) is 26.5.